The van der Waals surface area contributed by atoms with Gasteiger partial charge in [-0.1, -0.05) is 55.8 Å². The first-order chi connectivity index (χ1) is 20.0. The lowest BCUT2D eigenvalue weighted by molar-refractivity contribution is -0.163. The van der Waals surface area contributed by atoms with Gasteiger partial charge in [0, 0.05) is 18.0 Å². The molecule has 2 aromatic carbocycles. The van der Waals surface area contributed by atoms with Gasteiger partial charge in [-0.2, -0.15) is 15.3 Å². The Bertz CT molecular complexity index is 1650. The van der Waals surface area contributed by atoms with Crippen molar-refractivity contribution in [1.82, 2.24) is 19.2 Å². The van der Waals surface area contributed by atoms with Crippen molar-refractivity contribution in [3.63, 3.8) is 0 Å². The molecule has 0 spiro atoms. The number of nitriles is 1. The quantitative estimate of drug-likeness (QED) is 0.265. The van der Waals surface area contributed by atoms with Crippen LogP contribution in [-0.4, -0.2) is 41.6 Å². The summed E-state index contributed by atoms with van der Waals surface area (Å²) >= 11 is 0. The minimum atomic E-state index is -0.925. The summed E-state index contributed by atoms with van der Waals surface area (Å²) in [7, 11) is 0. The summed E-state index contributed by atoms with van der Waals surface area (Å²) in [5, 5.41) is 24.5. The highest BCUT2D eigenvalue weighted by atomic mass is 16.5. The Labute approximate surface area is 247 Å². The molecule has 1 aliphatic rings. The van der Waals surface area contributed by atoms with E-state index in [1.165, 1.54) is 6.33 Å². The first-order valence-electron chi connectivity index (χ1n) is 15.0. The van der Waals surface area contributed by atoms with Crippen LogP contribution < -0.4 is 5.56 Å². The van der Waals surface area contributed by atoms with Crippen LogP contribution in [0.1, 0.15) is 95.1 Å². The lowest BCUT2D eigenvalue weighted by Gasteiger charge is -2.42. The number of nitrogens with zero attached hydrogens (tertiary/aromatic N) is 5. The van der Waals surface area contributed by atoms with Gasteiger partial charge in [0.2, 0.25) is 5.78 Å². The standard InChI is InChI=1S/C34H41N5O3/c1-6-9-30-29(20-24-12-14-25(15-13-24)28-11-8-7-10-26(28)21-35)31(40)38(32-36-22-37-39(30)32)27-16-18-34(5,19-17-27)42-23(2)33(3,4)41/h7-8,10-15,22-23,27,41H,6,9,16-20H2,1-5H3. The highest BCUT2D eigenvalue weighted by Gasteiger charge is 2.38. The van der Waals surface area contributed by atoms with E-state index in [4.69, 9.17) is 4.74 Å². The van der Waals surface area contributed by atoms with Crippen molar-refractivity contribution in [2.24, 2.45) is 0 Å². The average Bonchev–Trinajstić information content (AvgIpc) is 3.45. The number of aryl methyl sites for hydroxylation is 1. The fraction of sp³-hybridized carbons (Fsp3) is 0.471. The Morgan fingerprint density at radius 3 is 2.50 bits per heavy atom. The summed E-state index contributed by atoms with van der Waals surface area (Å²) in [5.41, 5.74) is 3.91. The van der Waals surface area contributed by atoms with Crippen LogP contribution in [0, 0.1) is 11.3 Å². The molecule has 8 nitrogen and oxygen atoms in total. The van der Waals surface area contributed by atoms with Gasteiger partial charge in [-0.3, -0.25) is 9.36 Å². The third kappa shape index (κ3) is 5.90. The molecule has 1 unspecified atom stereocenters. The van der Waals surface area contributed by atoms with Crippen molar-refractivity contribution in [2.45, 2.75) is 103 Å². The van der Waals surface area contributed by atoms with Gasteiger partial charge in [-0.15, -0.1) is 0 Å². The molecule has 1 saturated carbocycles. The number of hydrogen-bond donors (Lipinski definition) is 1. The number of ether oxygens (including phenoxy) is 1. The van der Waals surface area contributed by atoms with Crippen molar-refractivity contribution >= 4 is 5.78 Å². The van der Waals surface area contributed by atoms with Crippen molar-refractivity contribution in [1.29, 1.82) is 5.26 Å². The summed E-state index contributed by atoms with van der Waals surface area (Å²) in [6, 6.07) is 18.0. The Hall–Kier alpha value is -3.80. The van der Waals surface area contributed by atoms with Crippen LogP contribution in [-0.2, 0) is 17.6 Å². The number of rotatable bonds is 9. The van der Waals surface area contributed by atoms with E-state index < -0.39 is 5.60 Å². The zero-order valence-electron chi connectivity index (χ0n) is 25.3. The van der Waals surface area contributed by atoms with E-state index >= 15 is 0 Å². The molecule has 1 atom stereocenters. The molecule has 4 aromatic rings. The van der Waals surface area contributed by atoms with Crippen LogP contribution in [0.15, 0.2) is 59.7 Å². The van der Waals surface area contributed by atoms with Crippen LogP contribution in [0.4, 0.5) is 0 Å². The van der Waals surface area contributed by atoms with E-state index in [1.54, 1.807) is 13.8 Å². The van der Waals surface area contributed by atoms with E-state index in [-0.39, 0.29) is 23.3 Å². The van der Waals surface area contributed by atoms with E-state index in [1.807, 2.05) is 64.5 Å². The Morgan fingerprint density at radius 1 is 1.17 bits per heavy atom. The molecule has 0 amide bonds. The number of aliphatic hydroxyl groups is 1. The van der Waals surface area contributed by atoms with Gasteiger partial charge >= 0.3 is 0 Å². The lowest BCUT2D eigenvalue weighted by atomic mass is 9.82. The van der Waals surface area contributed by atoms with E-state index in [9.17, 15) is 15.2 Å². The van der Waals surface area contributed by atoms with Gasteiger partial charge in [0.15, 0.2) is 0 Å². The van der Waals surface area contributed by atoms with Gasteiger partial charge < -0.3 is 9.84 Å². The summed E-state index contributed by atoms with van der Waals surface area (Å²) in [6.07, 6.45) is 6.44. The van der Waals surface area contributed by atoms with E-state index in [0.29, 0.717) is 17.8 Å². The molecule has 42 heavy (non-hydrogen) atoms. The van der Waals surface area contributed by atoms with Gasteiger partial charge in [-0.25, -0.2) is 4.52 Å². The third-order valence-electron chi connectivity index (χ3n) is 8.84. The molecule has 5 rings (SSSR count). The molecular formula is C34H41N5O3. The maximum Gasteiger partial charge on any atom is 0.259 e. The molecule has 0 saturated heterocycles. The fourth-order valence-corrected chi connectivity index (χ4v) is 6.08. The van der Waals surface area contributed by atoms with Crippen LogP contribution >= 0.6 is 0 Å². The van der Waals surface area contributed by atoms with Crippen molar-refractivity contribution in [3.8, 4) is 17.2 Å². The zero-order chi connectivity index (χ0) is 30.1. The fourth-order valence-electron chi connectivity index (χ4n) is 6.08. The molecule has 0 bridgehead atoms. The maximum atomic E-state index is 14.3. The molecule has 220 valence electrons. The van der Waals surface area contributed by atoms with Crippen LogP contribution in [0.5, 0.6) is 0 Å². The second-order valence-electron chi connectivity index (χ2n) is 12.4. The molecule has 2 aromatic heterocycles. The SMILES string of the molecule is CCCc1c(Cc2ccc(-c3ccccc3C#N)cc2)c(=O)n(C2CCC(C)(OC(C)C(C)(C)O)CC2)c2ncnn12. The second kappa shape index (κ2) is 11.8. The van der Waals surface area contributed by atoms with Crippen LogP contribution in [0.25, 0.3) is 16.9 Å². The Balaban J connectivity index is 1.47. The van der Waals surface area contributed by atoms with E-state index in [0.717, 1.165) is 66.5 Å². The normalized spacial score (nSPS) is 20.0. The Kier molecular flexibility index (Phi) is 8.36. The lowest BCUT2D eigenvalue weighted by Crippen LogP contribution is -2.45. The highest BCUT2D eigenvalue weighted by Crippen LogP contribution is 2.39. The monoisotopic (exact) mass is 567 g/mol. The van der Waals surface area contributed by atoms with Gasteiger partial charge in [-0.05, 0) is 82.6 Å². The molecule has 0 radical (unpaired) electrons. The smallest absolute Gasteiger partial charge is 0.259 e. The van der Waals surface area contributed by atoms with Crippen LogP contribution in [0.2, 0.25) is 0 Å². The van der Waals surface area contributed by atoms with Gasteiger partial charge in [0.25, 0.3) is 5.56 Å². The number of benzene rings is 2. The molecule has 1 aliphatic carbocycles. The second-order valence-corrected chi connectivity index (χ2v) is 12.4. The van der Waals surface area contributed by atoms with Gasteiger partial charge in [0.1, 0.15) is 6.33 Å². The maximum absolute atomic E-state index is 14.3. The summed E-state index contributed by atoms with van der Waals surface area (Å²) in [5.74, 6) is 0.593. The van der Waals surface area contributed by atoms with Crippen molar-refractivity contribution in [3.05, 3.63) is 87.6 Å². The minimum Gasteiger partial charge on any atom is -0.388 e. The molecule has 1 fully saturated rings. The topological polar surface area (TPSA) is 105 Å². The molecule has 8 heteroatoms. The zero-order valence-corrected chi connectivity index (χ0v) is 25.3. The third-order valence-corrected chi connectivity index (χ3v) is 8.84. The summed E-state index contributed by atoms with van der Waals surface area (Å²) < 4.78 is 10.1. The van der Waals surface area contributed by atoms with Crippen LogP contribution in [0.3, 0.4) is 0 Å². The Morgan fingerprint density at radius 2 is 1.86 bits per heavy atom. The summed E-state index contributed by atoms with van der Waals surface area (Å²) in [4.78, 5) is 18.9. The largest absolute Gasteiger partial charge is 0.388 e. The molecular weight excluding hydrogens is 526 g/mol. The summed E-state index contributed by atoms with van der Waals surface area (Å²) in [6.45, 7) is 9.67. The van der Waals surface area contributed by atoms with Crippen molar-refractivity contribution < 1.29 is 9.84 Å². The first kappa shape index (κ1) is 29.7. The first-order valence-corrected chi connectivity index (χ1v) is 15.0. The van der Waals surface area contributed by atoms with Crippen molar-refractivity contribution in [2.75, 3.05) is 0 Å². The molecule has 2 heterocycles. The van der Waals surface area contributed by atoms with E-state index in [2.05, 4.69) is 30.0 Å². The van der Waals surface area contributed by atoms with Gasteiger partial charge in [0.05, 0.1) is 34.6 Å². The highest BCUT2D eigenvalue weighted by molar-refractivity contribution is 5.70. The number of hydrogen-bond acceptors (Lipinski definition) is 6. The molecule has 1 N–H and O–H groups in total. The number of fused-ring (bicyclic) bond motifs is 1. The predicted molar refractivity (Wildman–Crippen MR) is 163 cm³/mol. The minimum absolute atomic E-state index is 0.00256. The average molecular weight is 568 g/mol. The molecule has 0 aliphatic heterocycles. The number of aromatic nitrogens is 4. The predicted octanol–water partition coefficient (Wildman–Crippen LogP) is 6.02.